The molecule has 1 nitrogen and oxygen atoms in total. The van der Waals surface area contributed by atoms with E-state index >= 15 is 0 Å². The monoisotopic (exact) mass is 147 g/mol. The molecule has 0 fully saturated rings. The van der Waals surface area contributed by atoms with E-state index in [-0.39, 0.29) is 0 Å². The molecular weight excluding hydrogens is 134 g/mol. The molecule has 0 bridgehead atoms. The summed E-state index contributed by atoms with van der Waals surface area (Å²) >= 11 is 0. The molecule has 1 aromatic carbocycles. The van der Waals surface area contributed by atoms with Crippen LogP contribution >= 0.6 is 0 Å². The van der Waals surface area contributed by atoms with Gasteiger partial charge in [-0.15, -0.1) is 0 Å². The first-order chi connectivity index (χ1) is 5.38. The van der Waals surface area contributed by atoms with Crippen molar-refractivity contribution in [1.29, 1.82) is 0 Å². The number of hydrogen-bond donors (Lipinski definition) is 1. The Morgan fingerprint density at radius 1 is 1.36 bits per heavy atom. The molecule has 0 radical (unpaired) electrons. The summed E-state index contributed by atoms with van der Waals surface area (Å²) in [6.45, 7) is 4.43. The first kappa shape index (κ1) is 6.86. The number of hydrogen-bond acceptors (Lipinski definition) is 1. The van der Waals surface area contributed by atoms with E-state index in [1.54, 1.807) is 0 Å². The Labute approximate surface area is 67.4 Å². The largest absolute Gasteiger partial charge is 0.312 e. The fraction of sp³-hybridized carbons (Fsp3) is 0.400. The molecule has 0 aliphatic carbocycles. The zero-order valence-corrected chi connectivity index (χ0v) is 6.80. The third kappa shape index (κ3) is 1.16. The molecule has 0 saturated carbocycles. The summed E-state index contributed by atoms with van der Waals surface area (Å²) in [6.07, 6.45) is 0. The Bertz CT molecular complexity index is 255. The summed E-state index contributed by atoms with van der Waals surface area (Å²) in [6, 6.07) is 8.68. The van der Waals surface area contributed by atoms with Gasteiger partial charge in [0, 0.05) is 13.1 Å². The fourth-order valence-corrected chi connectivity index (χ4v) is 1.71. The second-order valence-electron chi connectivity index (χ2n) is 3.23. The summed E-state index contributed by atoms with van der Waals surface area (Å²) in [5, 5.41) is 3.39. The van der Waals surface area contributed by atoms with E-state index in [0.29, 0.717) is 5.92 Å². The first-order valence-electron chi connectivity index (χ1n) is 4.16. The number of nitrogens with one attached hydrogen (secondary N) is 1. The van der Waals surface area contributed by atoms with E-state index in [1.165, 1.54) is 11.1 Å². The molecule has 1 heterocycles. The molecule has 11 heavy (non-hydrogen) atoms. The van der Waals surface area contributed by atoms with Crippen LogP contribution < -0.4 is 5.32 Å². The maximum Gasteiger partial charge on any atom is 0.0208 e. The van der Waals surface area contributed by atoms with E-state index in [0.717, 1.165) is 13.1 Å². The highest BCUT2D eigenvalue weighted by atomic mass is 14.9. The molecule has 58 valence electrons. The van der Waals surface area contributed by atoms with Gasteiger partial charge in [0.2, 0.25) is 0 Å². The minimum atomic E-state index is 0.681. The predicted molar refractivity (Wildman–Crippen MR) is 46.6 cm³/mol. The smallest absolute Gasteiger partial charge is 0.0208 e. The average molecular weight is 147 g/mol. The molecular formula is C10H13N. The lowest BCUT2D eigenvalue weighted by Gasteiger charge is -2.22. The van der Waals surface area contributed by atoms with Crippen LogP contribution in [-0.2, 0) is 6.54 Å². The Hall–Kier alpha value is -0.820. The summed E-state index contributed by atoms with van der Waals surface area (Å²) in [5.74, 6) is 0.681. The quantitative estimate of drug-likeness (QED) is 0.591. The predicted octanol–water partition coefficient (Wildman–Crippen LogP) is 1.89. The van der Waals surface area contributed by atoms with E-state index < -0.39 is 0 Å². The molecule has 1 aliphatic rings. The molecule has 0 saturated heterocycles. The normalized spacial score (nSPS) is 22.8. The van der Waals surface area contributed by atoms with Gasteiger partial charge in [-0.3, -0.25) is 0 Å². The molecule has 1 aromatic rings. The average Bonchev–Trinajstić information content (AvgIpc) is 2.06. The third-order valence-corrected chi connectivity index (χ3v) is 2.35. The number of benzene rings is 1. The molecule has 2 rings (SSSR count). The summed E-state index contributed by atoms with van der Waals surface area (Å²) in [5.41, 5.74) is 2.98. The van der Waals surface area contributed by atoms with E-state index in [1.807, 2.05) is 0 Å². The Morgan fingerprint density at radius 3 is 3.00 bits per heavy atom. The van der Waals surface area contributed by atoms with Crippen LogP contribution in [0.2, 0.25) is 0 Å². The van der Waals surface area contributed by atoms with Crippen LogP contribution in [0, 0.1) is 0 Å². The van der Waals surface area contributed by atoms with Gasteiger partial charge in [-0.1, -0.05) is 31.2 Å². The summed E-state index contributed by atoms with van der Waals surface area (Å²) in [7, 11) is 0. The second-order valence-corrected chi connectivity index (χ2v) is 3.23. The van der Waals surface area contributed by atoms with Crippen molar-refractivity contribution in [1.82, 2.24) is 5.32 Å². The molecule has 1 aliphatic heterocycles. The van der Waals surface area contributed by atoms with Gasteiger partial charge in [0.15, 0.2) is 0 Å². The van der Waals surface area contributed by atoms with Crippen LogP contribution in [0.25, 0.3) is 0 Å². The van der Waals surface area contributed by atoms with E-state index in [9.17, 15) is 0 Å². The van der Waals surface area contributed by atoms with E-state index in [2.05, 4.69) is 36.5 Å². The van der Waals surface area contributed by atoms with Gasteiger partial charge in [0.25, 0.3) is 0 Å². The lowest BCUT2D eigenvalue weighted by atomic mass is 9.93. The van der Waals surface area contributed by atoms with Gasteiger partial charge < -0.3 is 5.32 Å². The van der Waals surface area contributed by atoms with Crippen molar-refractivity contribution in [2.75, 3.05) is 6.54 Å². The SMILES string of the molecule is C[C@@H]1CNCc2ccccc21. The molecule has 0 unspecified atom stereocenters. The van der Waals surface area contributed by atoms with Gasteiger partial charge in [-0.2, -0.15) is 0 Å². The lowest BCUT2D eigenvalue weighted by molar-refractivity contribution is 0.571. The number of fused-ring (bicyclic) bond motifs is 1. The molecule has 1 heteroatoms. The Balaban J connectivity index is 2.44. The van der Waals surface area contributed by atoms with Crippen LogP contribution in [0.15, 0.2) is 24.3 Å². The minimum absolute atomic E-state index is 0.681. The molecule has 0 amide bonds. The summed E-state index contributed by atoms with van der Waals surface area (Å²) in [4.78, 5) is 0. The fourth-order valence-electron chi connectivity index (χ4n) is 1.71. The Kier molecular flexibility index (Phi) is 1.66. The number of rotatable bonds is 0. The van der Waals surface area contributed by atoms with Gasteiger partial charge in [-0.25, -0.2) is 0 Å². The highest BCUT2D eigenvalue weighted by molar-refractivity contribution is 5.31. The van der Waals surface area contributed by atoms with Crippen LogP contribution in [0.3, 0.4) is 0 Å². The molecule has 0 aromatic heterocycles. The van der Waals surface area contributed by atoms with Crippen molar-refractivity contribution < 1.29 is 0 Å². The van der Waals surface area contributed by atoms with Crippen LogP contribution in [-0.4, -0.2) is 6.54 Å². The molecule has 1 N–H and O–H groups in total. The first-order valence-corrected chi connectivity index (χ1v) is 4.16. The van der Waals surface area contributed by atoms with Crippen LogP contribution in [0.1, 0.15) is 24.0 Å². The topological polar surface area (TPSA) is 12.0 Å². The van der Waals surface area contributed by atoms with Gasteiger partial charge in [-0.05, 0) is 17.0 Å². The van der Waals surface area contributed by atoms with Crippen molar-refractivity contribution in [2.45, 2.75) is 19.4 Å². The molecule has 1 atom stereocenters. The minimum Gasteiger partial charge on any atom is -0.312 e. The lowest BCUT2D eigenvalue weighted by Crippen LogP contribution is -2.26. The van der Waals surface area contributed by atoms with Gasteiger partial charge in [0.1, 0.15) is 0 Å². The third-order valence-electron chi connectivity index (χ3n) is 2.35. The van der Waals surface area contributed by atoms with Crippen molar-refractivity contribution in [2.24, 2.45) is 0 Å². The highest BCUT2D eigenvalue weighted by Crippen LogP contribution is 2.22. The maximum absolute atomic E-state index is 3.39. The van der Waals surface area contributed by atoms with Crippen molar-refractivity contribution >= 4 is 0 Å². The van der Waals surface area contributed by atoms with Gasteiger partial charge >= 0.3 is 0 Å². The summed E-state index contributed by atoms with van der Waals surface area (Å²) < 4.78 is 0. The van der Waals surface area contributed by atoms with Crippen LogP contribution in [0.5, 0.6) is 0 Å². The van der Waals surface area contributed by atoms with Gasteiger partial charge in [0.05, 0.1) is 0 Å². The van der Waals surface area contributed by atoms with E-state index in [4.69, 9.17) is 0 Å². The van der Waals surface area contributed by atoms with Crippen LogP contribution in [0.4, 0.5) is 0 Å². The molecule has 0 spiro atoms. The highest BCUT2D eigenvalue weighted by Gasteiger charge is 2.13. The van der Waals surface area contributed by atoms with Crippen molar-refractivity contribution in [3.63, 3.8) is 0 Å². The zero-order valence-electron chi connectivity index (χ0n) is 6.80. The Morgan fingerprint density at radius 2 is 2.18 bits per heavy atom. The maximum atomic E-state index is 3.39. The second kappa shape index (κ2) is 2.67. The van der Waals surface area contributed by atoms with Crippen molar-refractivity contribution in [3.8, 4) is 0 Å². The zero-order chi connectivity index (χ0) is 7.68. The van der Waals surface area contributed by atoms with Crippen molar-refractivity contribution in [3.05, 3.63) is 35.4 Å². The standard InChI is InChI=1S/C10H13N/c1-8-6-11-7-9-4-2-3-5-10(8)9/h2-5,8,11H,6-7H2,1H3/t8-/m1/s1.